The van der Waals surface area contributed by atoms with E-state index in [9.17, 15) is 9.18 Å². The molecule has 4 rings (SSSR count). The molecule has 0 radical (unpaired) electrons. The van der Waals surface area contributed by atoms with Gasteiger partial charge in [0.15, 0.2) is 11.0 Å². The van der Waals surface area contributed by atoms with Crippen LogP contribution in [0.25, 0.3) is 11.4 Å². The quantitative estimate of drug-likeness (QED) is 0.591. The topological polar surface area (TPSA) is 63.5 Å². The molecule has 2 aromatic rings. The third-order valence-corrected chi connectivity index (χ3v) is 7.06. The minimum Gasteiger partial charge on any atom is -0.379 e. The van der Waals surface area contributed by atoms with Crippen LogP contribution in [0.1, 0.15) is 20.3 Å². The number of carbonyl (C=O) groups is 1. The van der Waals surface area contributed by atoms with Gasteiger partial charge in [0.05, 0.1) is 19.0 Å². The third kappa shape index (κ3) is 5.88. The van der Waals surface area contributed by atoms with Crippen LogP contribution in [0.3, 0.4) is 0 Å². The summed E-state index contributed by atoms with van der Waals surface area (Å²) in [7, 11) is 0. The van der Waals surface area contributed by atoms with E-state index in [1.807, 2.05) is 4.90 Å². The van der Waals surface area contributed by atoms with Crippen molar-refractivity contribution in [1.82, 2.24) is 24.6 Å². The number of amides is 1. The molecule has 174 valence electrons. The predicted octanol–water partition coefficient (Wildman–Crippen LogP) is 3.01. The lowest BCUT2D eigenvalue weighted by Crippen LogP contribution is -2.43. The van der Waals surface area contributed by atoms with Gasteiger partial charge in [0, 0.05) is 44.8 Å². The van der Waals surface area contributed by atoms with Crippen molar-refractivity contribution in [3.8, 4) is 11.4 Å². The molecule has 2 atom stereocenters. The molecule has 1 aromatic heterocycles. The van der Waals surface area contributed by atoms with Crippen LogP contribution in [0.4, 0.5) is 4.39 Å². The highest BCUT2D eigenvalue weighted by Gasteiger charge is 2.26. The van der Waals surface area contributed by atoms with Crippen LogP contribution in [-0.2, 0) is 16.1 Å². The molecule has 1 aromatic carbocycles. The second-order valence-electron chi connectivity index (χ2n) is 8.95. The van der Waals surface area contributed by atoms with Crippen LogP contribution >= 0.6 is 11.8 Å². The first kappa shape index (κ1) is 23.2. The average molecular weight is 462 g/mol. The zero-order valence-corrected chi connectivity index (χ0v) is 19.7. The fourth-order valence-corrected chi connectivity index (χ4v) is 5.43. The number of nitrogens with zero attached hydrogens (tertiary/aromatic N) is 5. The summed E-state index contributed by atoms with van der Waals surface area (Å²) in [5.41, 5.74) is 0.817. The lowest BCUT2D eigenvalue weighted by Gasteiger charge is -2.35. The van der Waals surface area contributed by atoms with E-state index < -0.39 is 0 Å². The molecule has 0 spiro atoms. The number of piperidine rings is 1. The lowest BCUT2D eigenvalue weighted by molar-refractivity contribution is -0.130. The molecule has 3 heterocycles. The van der Waals surface area contributed by atoms with Gasteiger partial charge in [-0.1, -0.05) is 25.6 Å². The lowest BCUT2D eigenvalue weighted by atomic mass is 9.92. The molecule has 32 heavy (non-hydrogen) atoms. The SMILES string of the molecule is CC1CC(C)CN(C(=O)CSc2nnc(-c3ccc(F)cc3)n2CCN2CCOCC2)C1. The van der Waals surface area contributed by atoms with E-state index in [0.717, 1.165) is 56.7 Å². The van der Waals surface area contributed by atoms with Crippen LogP contribution in [0.15, 0.2) is 29.4 Å². The second kappa shape index (κ2) is 10.8. The van der Waals surface area contributed by atoms with Crippen LogP contribution in [-0.4, -0.2) is 82.2 Å². The van der Waals surface area contributed by atoms with Crippen molar-refractivity contribution in [3.05, 3.63) is 30.1 Å². The number of aromatic nitrogens is 3. The Kier molecular flexibility index (Phi) is 7.80. The van der Waals surface area contributed by atoms with Crippen LogP contribution in [0.2, 0.25) is 0 Å². The Morgan fingerprint density at radius 3 is 2.47 bits per heavy atom. The molecule has 0 N–H and O–H groups in total. The fraction of sp³-hybridized carbons (Fsp3) is 0.609. The Morgan fingerprint density at radius 1 is 1.09 bits per heavy atom. The fourth-order valence-electron chi connectivity index (χ4n) is 4.56. The van der Waals surface area contributed by atoms with Gasteiger partial charge in [-0.15, -0.1) is 10.2 Å². The van der Waals surface area contributed by atoms with E-state index in [4.69, 9.17) is 4.74 Å². The van der Waals surface area contributed by atoms with Crippen LogP contribution in [0.5, 0.6) is 0 Å². The van der Waals surface area contributed by atoms with Crippen molar-refractivity contribution in [2.24, 2.45) is 11.8 Å². The van der Waals surface area contributed by atoms with Crippen molar-refractivity contribution in [1.29, 1.82) is 0 Å². The zero-order chi connectivity index (χ0) is 22.5. The molecular formula is C23H32FN5O2S. The maximum Gasteiger partial charge on any atom is 0.233 e. The molecule has 2 unspecified atom stereocenters. The second-order valence-corrected chi connectivity index (χ2v) is 9.89. The summed E-state index contributed by atoms with van der Waals surface area (Å²) in [6.07, 6.45) is 1.17. The predicted molar refractivity (Wildman–Crippen MR) is 123 cm³/mol. The number of thioether (sulfide) groups is 1. The van der Waals surface area contributed by atoms with E-state index >= 15 is 0 Å². The van der Waals surface area contributed by atoms with Gasteiger partial charge in [-0.25, -0.2) is 4.39 Å². The molecule has 9 heteroatoms. The summed E-state index contributed by atoms with van der Waals surface area (Å²) in [5.74, 6) is 1.99. The zero-order valence-electron chi connectivity index (χ0n) is 18.9. The van der Waals surface area contributed by atoms with Gasteiger partial charge < -0.3 is 14.2 Å². The molecule has 7 nitrogen and oxygen atoms in total. The minimum atomic E-state index is -0.279. The average Bonchev–Trinajstić information content (AvgIpc) is 3.19. The van der Waals surface area contributed by atoms with E-state index in [1.165, 1.54) is 30.3 Å². The maximum absolute atomic E-state index is 13.4. The van der Waals surface area contributed by atoms with Crippen LogP contribution < -0.4 is 0 Å². The number of benzene rings is 1. The van der Waals surface area contributed by atoms with Gasteiger partial charge in [-0.3, -0.25) is 9.69 Å². The Balaban J connectivity index is 1.47. The van der Waals surface area contributed by atoms with Crippen molar-refractivity contribution in [2.75, 3.05) is 51.7 Å². The Morgan fingerprint density at radius 2 is 1.78 bits per heavy atom. The number of carbonyl (C=O) groups excluding carboxylic acids is 1. The molecule has 0 aliphatic carbocycles. The molecule has 1 amide bonds. The van der Waals surface area contributed by atoms with E-state index in [-0.39, 0.29) is 11.7 Å². The molecule has 2 aliphatic heterocycles. The molecular weight excluding hydrogens is 429 g/mol. The van der Waals surface area contributed by atoms with E-state index in [0.29, 0.717) is 30.0 Å². The van der Waals surface area contributed by atoms with Gasteiger partial charge in [0.2, 0.25) is 5.91 Å². The first-order valence-corrected chi connectivity index (χ1v) is 12.4. The number of ether oxygens (including phenoxy) is 1. The highest BCUT2D eigenvalue weighted by atomic mass is 32.2. The normalized spacial score (nSPS) is 22.3. The van der Waals surface area contributed by atoms with Gasteiger partial charge in [-0.05, 0) is 42.5 Å². The maximum atomic E-state index is 13.4. The summed E-state index contributed by atoms with van der Waals surface area (Å²) < 4.78 is 20.9. The highest BCUT2D eigenvalue weighted by Crippen LogP contribution is 2.26. The largest absolute Gasteiger partial charge is 0.379 e. The molecule has 0 saturated carbocycles. The number of hydrogen-bond donors (Lipinski definition) is 0. The van der Waals surface area contributed by atoms with Gasteiger partial charge >= 0.3 is 0 Å². The smallest absolute Gasteiger partial charge is 0.233 e. The number of halogens is 1. The first-order chi connectivity index (χ1) is 15.5. The minimum absolute atomic E-state index is 0.152. The molecule has 2 saturated heterocycles. The Hall–Kier alpha value is -1.97. The number of likely N-dealkylation sites (tertiary alicyclic amines) is 1. The van der Waals surface area contributed by atoms with Crippen molar-refractivity contribution >= 4 is 17.7 Å². The van der Waals surface area contributed by atoms with Crippen LogP contribution in [0, 0.1) is 17.7 Å². The number of morpholine rings is 1. The van der Waals surface area contributed by atoms with Crippen molar-refractivity contribution in [3.63, 3.8) is 0 Å². The van der Waals surface area contributed by atoms with E-state index in [1.54, 1.807) is 12.1 Å². The summed E-state index contributed by atoms with van der Waals surface area (Å²) >= 11 is 1.44. The Bertz CT molecular complexity index is 890. The molecule has 0 bridgehead atoms. The standard InChI is InChI=1S/C23H32FN5O2S/c1-17-13-18(2)15-28(14-17)21(30)16-32-23-26-25-22(19-3-5-20(24)6-4-19)29(23)8-7-27-9-11-31-12-10-27/h3-6,17-18H,7-16H2,1-2H3. The monoisotopic (exact) mass is 461 g/mol. The summed E-state index contributed by atoms with van der Waals surface area (Å²) in [5, 5.41) is 9.52. The summed E-state index contributed by atoms with van der Waals surface area (Å²) in [6.45, 7) is 10.9. The molecule has 2 aliphatic rings. The number of hydrogen-bond acceptors (Lipinski definition) is 6. The molecule has 2 fully saturated rings. The highest BCUT2D eigenvalue weighted by molar-refractivity contribution is 7.99. The first-order valence-electron chi connectivity index (χ1n) is 11.4. The number of rotatable bonds is 7. The van der Waals surface area contributed by atoms with Crippen molar-refractivity contribution < 1.29 is 13.9 Å². The van der Waals surface area contributed by atoms with Gasteiger partial charge in [0.25, 0.3) is 0 Å². The summed E-state index contributed by atoms with van der Waals surface area (Å²) in [6, 6.07) is 6.32. The van der Waals surface area contributed by atoms with Gasteiger partial charge in [0.1, 0.15) is 5.82 Å². The summed E-state index contributed by atoms with van der Waals surface area (Å²) in [4.78, 5) is 17.2. The van der Waals surface area contributed by atoms with Gasteiger partial charge in [-0.2, -0.15) is 0 Å². The Labute approximate surface area is 193 Å². The van der Waals surface area contributed by atoms with E-state index in [2.05, 4.69) is 33.5 Å². The third-order valence-electron chi connectivity index (χ3n) is 6.11. The van der Waals surface area contributed by atoms with Crippen molar-refractivity contribution in [2.45, 2.75) is 32.0 Å².